The van der Waals surface area contributed by atoms with E-state index in [1.165, 1.54) is 11.9 Å². The minimum atomic E-state index is -0.376. The minimum Gasteiger partial charge on any atom is -0.436 e. The van der Waals surface area contributed by atoms with Gasteiger partial charge in [-0.25, -0.2) is 4.98 Å². The number of aromatic nitrogens is 2. The molecule has 0 bridgehead atoms. The molecule has 0 atom stereocenters. The van der Waals surface area contributed by atoms with E-state index < -0.39 is 0 Å². The van der Waals surface area contributed by atoms with Gasteiger partial charge in [0.1, 0.15) is 11.3 Å². The molecule has 40 heavy (non-hydrogen) atoms. The van der Waals surface area contributed by atoms with Crippen LogP contribution in [0.4, 0.5) is 23.0 Å². The third kappa shape index (κ3) is 6.35. The van der Waals surface area contributed by atoms with Crippen LogP contribution in [0.25, 0.3) is 0 Å². The molecule has 5 rings (SSSR count). The number of para-hydroxylation sites is 1. The predicted molar refractivity (Wildman–Crippen MR) is 162 cm³/mol. The lowest BCUT2D eigenvalue weighted by molar-refractivity contribution is 0.102. The number of carbonyl (C=O) groups is 1. The lowest BCUT2D eigenvalue weighted by atomic mass is 10.1. The van der Waals surface area contributed by atoms with E-state index in [0.717, 1.165) is 54.2 Å². The van der Waals surface area contributed by atoms with Crippen molar-refractivity contribution in [1.29, 1.82) is 0 Å². The van der Waals surface area contributed by atoms with Crippen LogP contribution in [0.3, 0.4) is 0 Å². The highest BCUT2D eigenvalue weighted by molar-refractivity contribution is 6.32. The lowest BCUT2D eigenvalue weighted by Crippen LogP contribution is -2.44. The summed E-state index contributed by atoms with van der Waals surface area (Å²) in [6.45, 7) is 9.94. The third-order valence-corrected chi connectivity index (χ3v) is 7.30. The van der Waals surface area contributed by atoms with Gasteiger partial charge in [-0.05, 0) is 80.9 Å². The van der Waals surface area contributed by atoms with Gasteiger partial charge >= 0.3 is 0 Å². The van der Waals surface area contributed by atoms with Crippen LogP contribution >= 0.6 is 11.6 Å². The van der Waals surface area contributed by atoms with Crippen molar-refractivity contribution in [3.8, 4) is 11.6 Å². The van der Waals surface area contributed by atoms with Crippen molar-refractivity contribution in [2.75, 3.05) is 48.8 Å². The van der Waals surface area contributed by atoms with Crippen LogP contribution < -0.4 is 20.3 Å². The second-order valence-electron chi connectivity index (χ2n) is 10.1. The second kappa shape index (κ2) is 11.9. The molecular formula is C31H33ClN6O2. The number of benzene rings is 3. The summed E-state index contributed by atoms with van der Waals surface area (Å²) in [4.78, 5) is 27.1. The number of rotatable bonds is 7. The number of piperazine rings is 1. The third-order valence-electron chi connectivity index (χ3n) is 7.00. The van der Waals surface area contributed by atoms with Crippen molar-refractivity contribution >= 4 is 40.5 Å². The van der Waals surface area contributed by atoms with E-state index in [1.54, 1.807) is 12.1 Å². The molecule has 0 radical (unpaired) electrons. The molecule has 0 aliphatic carbocycles. The SMILES string of the molecule is Cc1ccc(Oc2nc(Nc3ccc(N4CCN(C)CC4)cc3)ncc2C(=O)Nc2c(C)cccc2C)c(Cl)c1. The molecule has 1 aliphatic heterocycles. The highest BCUT2D eigenvalue weighted by atomic mass is 35.5. The quantitative estimate of drug-likeness (QED) is 0.265. The van der Waals surface area contributed by atoms with Crippen molar-refractivity contribution in [3.05, 3.63) is 94.1 Å². The van der Waals surface area contributed by atoms with Crippen LogP contribution in [0.15, 0.2) is 66.9 Å². The number of hydrogen-bond donors (Lipinski definition) is 2. The fourth-order valence-electron chi connectivity index (χ4n) is 4.59. The van der Waals surface area contributed by atoms with Gasteiger partial charge < -0.3 is 25.2 Å². The maximum Gasteiger partial charge on any atom is 0.262 e. The van der Waals surface area contributed by atoms with Crippen molar-refractivity contribution in [2.45, 2.75) is 20.8 Å². The van der Waals surface area contributed by atoms with E-state index in [9.17, 15) is 4.79 Å². The summed E-state index contributed by atoms with van der Waals surface area (Å²) < 4.78 is 6.11. The molecule has 4 aromatic rings. The molecule has 1 aliphatic rings. The van der Waals surface area contributed by atoms with E-state index in [0.29, 0.717) is 16.7 Å². The Morgan fingerprint density at radius 1 is 0.950 bits per heavy atom. The lowest BCUT2D eigenvalue weighted by Gasteiger charge is -2.34. The molecule has 1 amide bonds. The Kier molecular flexibility index (Phi) is 8.19. The topological polar surface area (TPSA) is 82.6 Å². The Bertz CT molecular complexity index is 1500. The second-order valence-corrected chi connectivity index (χ2v) is 10.5. The molecule has 206 valence electrons. The summed E-state index contributed by atoms with van der Waals surface area (Å²) in [5.41, 5.74) is 5.84. The standard InChI is InChI=1S/C31H33ClN6O2/c1-20-8-13-27(26(32)18-20)40-30-25(29(39)35-28-21(2)6-5-7-22(28)3)19-33-31(36-30)34-23-9-11-24(12-10-23)38-16-14-37(4)15-17-38/h5-13,18-19H,14-17H2,1-4H3,(H,35,39)(H,33,34,36). The zero-order chi connectivity index (χ0) is 28.2. The Morgan fingerprint density at radius 3 is 2.33 bits per heavy atom. The van der Waals surface area contributed by atoms with Gasteiger partial charge in [-0.1, -0.05) is 35.9 Å². The molecule has 0 unspecified atom stereocenters. The summed E-state index contributed by atoms with van der Waals surface area (Å²) in [5, 5.41) is 6.65. The normalized spacial score (nSPS) is 13.7. The number of aryl methyl sites for hydroxylation is 3. The van der Waals surface area contributed by atoms with E-state index in [2.05, 4.69) is 49.6 Å². The van der Waals surface area contributed by atoms with E-state index in [1.807, 2.05) is 57.2 Å². The van der Waals surface area contributed by atoms with Gasteiger partial charge in [-0.3, -0.25) is 4.79 Å². The molecule has 1 saturated heterocycles. The number of nitrogens with zero attached hydrogens (tertiary/aromatic N) is 4. The Balaban J connectivity index is 1.41. The molecule has 2 N–H and O–H groups in total. The van der Waals surface area contributed by atoms with E-state index >= 15 is 0 Å². The number of carbonyl (C=O) groups excluding carboxylic acids is 1. The monoisotopic (exact) mass is 556 g/mol. The highest BCUT2D eigenvalue weighted by Gasteiger charge is 2.20. The van der Waals surface area contributed by atoms with Gasteiger partial charge in [0.25, 0.3) is 5.91 Å². The molecular weight excluding hydrogens is 524 g/mol. The van der Waals surface area contributed by atoms with Crippen molar-refractivity contribution in [3.63, 3.8) is 0 Å². The number of halogens is 1. The first-order chi connectivity index (χ1) is 19.3. The molecule has 2 heterocycles. The van der Waals surface area contributed by atoms with Crippen molar-refractivity contribution in [2.24, 2.45) is 0 Å². The van der Waals surface area contributed by atoms with Crippen LogP contribution in [-0.2, 0) is 0 Å². The first kappa shape index (κ1) is 27.4. The Labute approximate surface area is 240 Å². The fourth-order valence-corrected chi connectivity index (χ4v) is 4.87. The fraction of sp³-hybridized carbons (Fsp3) is 0.258. The zero-order valence-corrected chi connectivity index (χ0v) is 23.9. The first-order valence-electron chi connectivity index (χ1n) is 13.3. The van der Waals surface area contributed by atoms with Crippen LogP contribution in [0.5, 0.6) is 11.6 Å². The summed E-state index contributed by atoms with van der Waals surface area (Å²) in [6.07, 6.45) is 1.47. The van der Waals surface area contributed by atoms with Gasteiger partial charge in [-0.2, -0.15) is 4.98 Å². The molecule has 3 aromatic carbocycles. The number of nitrogens with one attached hydrogen (secondary N) is 2. The van der Waals surface area contributed by atoms with Crippen LogP contribution in [0.2, 0.25) is 5.02 Å². The van der Waals surface area contributed by atoms with Crippen LogP contribution in [0.1, 0.15) is 27.0 Å². The van der Waals surface area contributed by atoms with Gasteiger partial charge in [0.2, 0.25) is 11.8 Å². The van der Waals surface area contributed by atoms with Crippen LogP contribution in [-0.4, -0.2) is 54.0 Å². The molecule has 9 heteroatoms. The smallest absolute Gasteiger partial charge is 0.262 e. The maximum atomic E-state index is 13.4. The van der Waals surface area contributed by atoms with E-state index in [-0.39, 0.29) is 17.4 Å². The number of amides is 1. The maximum absolute atomic E-state index is 13.4. The molecule has 0 saturated carbocycles. The predicted octanol–water partition coefficient (Wildman–Crippen LogP) is 6.60. The molecule has 1 aromatic heterocycles. The number of ether oxygens (including phenoxy) is 1. The van der Waals surface area contributed by atoms with Gasteiger partial charge in [-0.15, -0.1) is 0 Å². The minimum absolute atomic E-state index is 0.0982. The average Bonchev–Trinajstić information content (AvgIpc) is 2.93. The molecule has 0 spiro atoms. The summed E-state index contributed by atoms with van der Waals surface area (Å²) in [6, 6.07) is 19.5. The van der Waals surface area contributed by atoms with E-state index in [4.69, 9.17) is 16.3 Å². The number of anilines is 4. The van der Waals surface area contributed by atoms with Gasteiger partial charge in [0.15, 0.2) is 0 Å². The Hall–Kier alpha value is -4.14. The molecule has 1 fully saturated rings. The number of likely N-dealkylation sites (N-methyl/N-ethyl adjacent to an activating group) is 1. The zero-order valence-electron chi connectivity index (χ0n) is 23.2. The van der Waals surface area contributed by atoms with Crippen LogP contribution in [0, 0.1) is 20.8 Å². The first-order valence-corrected chi connectivity index (χ1v) is 13.6. The largest absolute Gasteiger partial charge is 0.436 e. The average molecular weight is 557 g/mol. The summed E-state index contributed by atoms with van der Waals surface area (Å²) in [7, 11) is 2.15. The molecule has 8 nitrogen and oxygen atoms in total. The van der Waals surface area contributed by atoms with Crippen molar-refractivity contribution < 1.29 is 9.53 Å². The summed E-state index contributed by atoms with van der Waals surface area (Å²) in [5.74, 6) is 0.420. The van der Waals surface area contributed by atoms with Gasteiger partial charge in [0, 0.05) is 49.4 Å². The number of hydrogen-bond acceptors (Lipinski definition) is 7. The van der Waals surface area contributed by atoms with Gasteiger partial charge in [0.05, 0.1) is 5.02 Å². The highest BCUT2D eigenvalue weighted by Crippen LogP contribution is 2.32. The van der Waals surface area contributed by atoms with Crippen molar-refractivity contribution in [1.82, 2.24) is 14.9 Å². The summed E-state index contributed by atoms with van der Waals surface area (Å²) >= 11 is 6.45. The Morgan fingerprint density at radius 2 is 1.65 bits per heavy atom.